The van der Waals surface area contributed by atoms with Crippen LogP contribution in [0, 0.1) is 0 Å². The molecule has 0 saturated carbocycles. The first-order chi connectivity index (χ1) is 9.00. The largest absolute Gasteiger partial charge is 0.334 e. The first-order valence-electron chi connectivity index (χ1n) is 8.08. The number of nitrogens with two attached hydrogens (primary N) is 1. The third kappa shape index (κ3) is 5.52. The van der Waals surface area contributed by atoms with Crippen LogP contribution in [0.3, 0.4) is 0 Å². The number of nitrogens with zero attached hydrogens (tertiary/aromatic N) is 1. The molecule has 2 rings (SSSR count). The molecular weight excluding hydrogens is 236 g/mol. The molecule has 116 valence electrons. The second-order valence-corrected chi connectivity index (χ2v) is 4.97. The molecule has 2 aliphatic rings. The molecule has 0 aliphatic carbocycles. The second-order valence-electron chi connectivity index (χ2n) is 4.97. The molecule has 2 unspecified atom stereocenters. The van der Waals surface area contributed by atoms with Gasteiger partial charge >= 0.3 is 0 Å². The Morgan fingerprint density at radius 3 is 2.05 bits per heavy atom. The van der Waals surface area contributed by atoms with E-state index in [0.29, 0.717) is 12.5 Å². The Morgan fingerprint density at radius 1 is 1.11 bits per heavy atom. The van der Waals surface area contributed by atoms with Gasteiger partial charge in [0, 0.05) is 24.0 Å². The van der Waals surface area contributed by atoms with Gasteiger partial charge in [-0.05, 0) is 33.1 Å². The van der Waals surface area contributed by atoms with Gasteiger partial charge in [0.1, 0.15) is 0 Å². The third-order valence-electron chi connectivity index (χ3n) is 3.39. The van der Waals surface area contributed by atoms with Crippen LogP contribution in [0.15, 0.2) is 0 Å². The van der Waals surface area contributed by atoms with Gasteiger partial charge in [-0.1, -0.05) is 41.5 Å². The lowest BCUT2D eigenvalue weighted by atomic mass is 9.97. The minimum atomic E-state index is 0.0713. The molecule has 1 amide bonds. The number of hydrogen-bond acceptors (Lipinski definition) is 2. The summed E-state index contributed by atoms with van der Waals surface area (Å²) in [5, 5.41) is 0. The standard InChI is InChI=1S/C10H18N2O.3C2H6/c1-10(2)4-3-8-5-7(11)6-9(13)12(8)10;3*1-2/h7-8H,3-6,11H2,1-2H3;3*1-2H3. The van der Waals surface area contributed by atoms with Crippen LogP contribution in [0.1, 0.15) is 81.1 Å². The van der Waals surface area contributed by atoms with Crippen molar-refractivity contribution in [3.8, 4) is 0 Å². The van der Waals surface area contributed by atoms with Crippen LogP contribution in [-0.4, -0.2) is 28.4 Å². The van der Waals surface area contributed by atoms with Gasteiger partial charge in [-0.3, -0.25) is 4.79 Å². The van der Waals surface area contributed by atoms with Crippen molar-refractivity contribution in [1.82, 2.24) is 4.90 Å². The third-order valence-corrected chi connectivity index (χ3v) is 3.39. The van der Waals surface area contributed by atoms with Gasteiger partial charge < -0.3 is 10.6 Å². The highest BCUT2D eigenvalue weighted by molar-refractivity contribution is 5.79. The van der Waals surface area contributed by atoms with Crippen molar-refractivity contribution in [2.24, 2.45) is 5.73 Å². The smallest absolute Gasteiger partial charge is 0.224 e. The normalized spacial score (nSPS) is 26.8. The lowest BCUT2D eigenvalue weighted by Crippen LogP contribution is -2.53. The first kappa shape index (κ1) is 20.7. The number of piperidine rings is 1. The van der Waals surface area contributed by atoms with Crippen molar-refractivity contribution < 1.29 is 4.79 Å². The topological polar surface area (TPSA) is 46.3 Å². The molecule has 0 bridgehead atoms. The maximum Gasteiger partial charge on any atom is 0.224 e. The summed E-state index contributed by atoms with van der Waals surface area (Å²) in [7, 11) is 0. The Kier molecular flexibility index (Phi) is 11.2. The summed E-state index contributed by atoms with van der Waals surface area (Å²) in [5.74, 6) is 0.256. The fourth-order valence-corrected chi connectivity index (χ4v) is 2.78. The summed E-state index contributed by atoms with van der Waals surface area (Å²) in [4.78, 5) is 13.8. The van der Waals surface area contributed by atoms with Crippen LogP contribution in [0.2, 0.25) is 0 Å². The summed E-state index contributed by atoms with van der Waals surface area (Å²) in [6.45, 7) is 16.3. The van der Waals surface area contributed by atoms with Crippen molar-refractivity contribution in [3.05, 3.63) is 0 Å². The Balaban J connectivity index is 0. The van der Waals surface area contributed by atoms with Gasteiger partial charge in [0.05, 0.1) is 0 Å². The van der Waals surface area contributed by atoms with E-state index in [1.165, 1.54) is 0 Å². The highest BCUT2D eigenvalue weighted by Gasteiger charge is 2.45. The van der Waals surface area contributed by atoms with Crippen LogP contribution in [0.5, 0.6) is 0 Å². The predicted molar refractivity (Wildman–Crippen MR) is 85.2 cm³/mol. The maximum atomic E-state index is 11.7. The first-order valence-corrected chi connectivity index (χ1v) is 8.08. The molecule has 2 atom stereocenters. The van der Waals surface area contributed by atoms with Gasteiger partial charge in [0.25, 0.3) is 0 Å². The van der Waals surface area contributed by atoms with Crippen LogP contribution < -0.4 is 5.73 Å². The van der Waals surface area contributed by atoms with Gasteiger partial charge in [0.15, 0.2) is 0 Å². The Bertz CT molecular complexity index is 239. The number of rotatable bonds is 0. The molecule has 0 spiro atoms. The molecule has 0 aromatic carbocycles. The molecule has 2 heterocycles. The zero-order valence-corrected chi connectivity index (χ0v) is 14.4. The molecular formula is C16H36N2O. The van der Waals surface area contributed by atoms with E-state index in [9.17, 15) is 4.79 Å². The van der Waals surface area contributed by atoms with E-state index in [4.69, 9.17) is 5.73 Å². The van der Waals surface area contributed by atoms with Gasteiger partial charge in [-0.2, -0.15) is 0 Å². The lowest BCUT2D eigenvalue weighted by Gasteiger charge is -2.40. The van der Waals surface area contributed by atoms with Gasteiger partial charge in [-0.15, -0.1) is 0 Å². The number of fused-ring (bicyclic) bond motifs is 1. The minimum Gasteiger partial charge on any atom is -0.334 e. The van der Waals surface area contributed by atoms with E-state index in [1.807, 2.05) is 41.5 Å². The van der Waals surface area contributed by atoms with E-state index < -0.39 is 0 Å². The van der Waals surface area contributed by atoms with Crippen molar-refractivity contribution in [1.29, 1.82) is 0 Å². The minimum absolute atomic E-state index is 0.0713. The van der Waals surface area contributed by atoms with Gasteiger partial charge in [0.2, 0.25) is 5.91 Å². The summed E-state index contributed by atoms with van der Waals surface area (Å²) in [6.07, 6.45) is 3.79. The summed E-state index contributed by atoms with van der Waals surface area (Å²) in [5.41, 5.74) is 5.89. The van der Waals surface area contributed by atoms with E-state index in [-0.39, 0.29) is 17.5 Å². The number of amides is 1. The number of hydrogen-bond donors (Lipinski definition) is 1. The van der Waals surface area contributed by atoms with Crippen LogP contribution in [0.25, 0.3) is 0 Å². The average Bonchev–Trinajstić information content (AvgIpc) is 2.72. The quantitative estimate of drug-likeness (QED) is 0.725. The van der Waals surface area contributed by atoms with Crippen molar-refractivity contribution in [2.75, 3.05) is 0 Å². The highest BCUT2D eigenvalue weighted by Crippen LogP contribution is 2.38. The van der Waals surface area contributed by atoms with Crippen LogP contribution in [-0.2, 0) is 4.79 Å². The summed E-state index contributed by atoms with van der Waals surface area (Å²) in [6, 6.07) is 0.522. The number of carbonyl (C=O) groups excluding carboxylic acids is 1. The van der Waals surface area contributed by atoms with Gasteiger partial charge in [-0.25, -0.2) is 0 Å². The fraction of sp³-hybridized carbons (Fsp3) is 0.938. The molecule has 3 heteroatoms. The Labute approximate surface area is 120 Å². The van der Waals surface area contributed by atoms with Crippen molar-refractivity contribution in [3.63, 3.8) is 0 Å². The predicted octanol–water partition coefficient (Wildman–Crippen LogP) is 3.96. The summed E-state index contributed by atoms with van der Waals surface area (Å²) >= 11 is 0. The average molecular weight is 272 g/mol. The molecule has 0 aromatic heterocycles. The monoisotopic (exact) mass is 272 g/mol. The molecule has 19 heavy (non-hydrogen) atoms. The van der Waals surface area contributed by atoms with E-state index >= 15 is 0 Å². The maximum absolute atomic E-state index is 11.7. The molecule has 2 fully saturated rings. The van der Waals surface area contributed by atoms with Crippen molar-refractivity contribution in [2.45, 2.75) is 98.7 Å². The SMILES string of the molecule is CC.CC.CC.CC1(C)CCC2CC(N)CC(=O)N21. The number of carbonyl (C=O) groups is 1. The van der Waals surface area contributed by atoms with Crippen LogP contribution in [0.4, 0.5) is 0 Å². The molecule has 2 saturated heterocycles. The fourth-order valence-electron chi connectivity index (χ4n) is 2.78. The van der Waals surface area contributed by atoms with E-state index in [0.717, 1.165) is 19.3 Å². The molecule has 3 nitrogen and oxygen atoms in total. The Morgan fingerprint density at radius 2 is 1.58 bits per heavy atom. The zero-order valence-electron chi connectivity index (χ0n) is 14.4. The van der Waals surface area contributed by atoms with Crippen molar-refractivity contribution >= 4 is 5.91 Å². The highest BCUT2D eigenvalue weighted by atomic mass is 16.2. The van der Waals surface area contributed by atoms with Crippen LogP contribution >= 0.6 is 0 Å². The summed E-state index contributed by atoms with van der Waals surface area (Å²) < 4.78 is 0. The second kappa shape index (κ2) is 10.2. The van der Waals surface area contributed by atoms with E-state index in [2.05, 4.69) is 18.7 Å². The lowest BCUT2D eigenvalue weighted by molar-refractivity contribution is -0.140. The molecule has 0 radical (unpaired) electrons. The molecule has 2 N–H and O–H groups in total. The Hall–Kier alpha value is -0.570. The molecule has 0 aromatic rings. The van der Waals surface area contributed by atoms with E-state index in [1.54, 1.807) is 0 Å². The zero-order chi connectivity index (χ0) is 15.6. The molecule has 2 aliphatic heterocycles.